The van der Waals surface area contributed by atoms with Crippen molar-refractivity contribution >= 4 is 89.8 Å². The van der Waals surface area contributed by atoms with Crippen molar-refractivity contribution in [3.05, 3.63) is 362 Å². The van der Waals surface area contributed by atoms with E-state index in [-0.39, 0.29) is 0 Å². The first kappa shape index (κ1) is 52.4. The van der Waals surface area contributed by atoms with Crippen molar-refractivity contribution in [1.29, 1.82) is 0 Å². The van der Waals surface area contributed by atoms with E-state index in [0.29, 0.717) is 0 Å². The van der Waals surface area contributed by atoms with Gasteiger partial charge in [-0.15, -0.1) is 0 Å². The molecule has 0 aromatic heterocycles. The van der Waals surface area contributed by atoms with Crippen LogP contribution < -0.4 is 19.6 Å². The Bertz CT molecular complexity index is 4400. The molecule has 418 valence electrons. The summed E-state index contributed by atoms with van der Waals surface area (Å²) in [6.45, 7) is 5.17. The second-order valence-corrected chi connectivity index (χ2v) is 23.5. The lowest BCUT2D eigenvalue weighted by molar-refractivity contribution is 0.376. The monoisotopic (exact) mass is 1130 g/mol. The van der Waals surface area contributed by atoms with Crippen LogP contribution in [0.5, 0.6) is 0 Å². The summed E-state index contributed by atoms with van der Waals surface area (Å²) in [5, 5.41) is 4.78. The fourth-order valence-corrected chi connectivity index (χ4v) is 14.8. The molecule has 2 aliphatic carbocycles. The predicted molar refractivity (Wildman–Crippen MR) is 370 cm³/mol. The molecule has 0 radical (unpaired) electrons. The number of fused-ring (bicyclic) bond motifs is 10. The highest BCUT2D eigenvalue weighted by Gasteiger charge is 2.59. The van der Waals surface area contributed by atoms with Gasteiger partial charge in [0.1, 0.15) is 0 Å². The third kappa shape index (κ3) is 8.28. The molecule has 0 N–H and O–H groups in total. The molecule has 0 aliphatic heterocycles. The Labute approximate surface area is 515 Å². The van der Waals surface area contributed by atoms with Gasteiger partial charge in [-0.3, -0.25) is 0 Å². The standard InChI is InChI=1S/C84H62N4/c1-83(75-55-67(85(59-31-11-3-12-32-59)60-33-13-4-14-34-60)51-53-73(75)81-71-49-29-27-47-69(71)79(57-77(81)83)87(63-39-19-7-20-40-63)64-41-21-8-22-42-64)84(2)76-56-68(86(61-35-15-5-16-36-61)62-37-17-6-18-38-62)52-54-74(76)82-72-50-30-28-48-70(72)80(58-78(82)84)88(65-43-23-9-24-44-65)66-45-25-10-26-46-66/h3-58H,1-2H3. The number of nitrogens with zero attached hydrogens (tertiary/aromatic N) is 4. The molecule has 0 spiro atoms. The number of rotatable bonds is 13. The first-order valence-electron chi connectivity index (χ1n) is 30.5. The van der Waals surface area contributed by atoms with E-state index in [1.165, 1.54) is 66.1 Å². The lowest BCUT2D eigenvalue weighted by Gasteiger charge is -2.46. The summed E-state index contributed by atoms with van der Waals surface area (Å²) in [7, 11) is 0. The maximum atomic E-state index is 2.59. The maximum absolute atomic E-state index is 2.59. The van der Waals surface area contributed by atoms with Crippen LogP contribution in [0.25, 0.3) is 43.8 Å². The molecule has 2 unspecified atom stereocenters. The molecule has 4 heteroatoms. The molecule has 16 rings (SSSR count). The summed E-state index contributed by atoms with van der Waals surface area (Å²) in [4.78, 5) is 9.80. The van der Waals surface area contributed by atoms with Crippen molar-refractivity contribution in [3.8, 4) is 22.3 Å². The van der Waals surface area contributed by atoms with Crippen molar-refractivity contribution in [3.63, 3.8) is 0 Å². The van der Waals surface area contributed by atoms with Crippen LogP contribution in [0.1, 0.15) is 36.1 Å². The first-order chi connectivity index (χ1) is 43.5. The lowest BCUT2D eigenvalue weighted by Crippen LogP contribution is -2.44. The topological polar surface area (TPSA) is 13.0 Å². The van der Waals surface area contributed by atoms with E-state index in [1.54, 1.807) is 0 Å². The summed E-state index contributed by atoms with van der Waals surface area (Å²) in [6.07, 6.45) is 0. The van der Waals surface area contributed by atoms with Gasteiger partial charge in [-0.1, -0.05) is 220 Å². The van der Waals surface area contributed by atoms with Crippen molar-refractivity contribution < 1.29 is 0 Å². The zero-order valence-corrected chi connectivity index (χ0v) is 49.1. The highest BCUT2D eigenvalue weighted by atomic mass is 15.2. The number of benzene rings is 14. The van der Waals surface area contributed by atoms with Gasteiger partial charge in [0.2, 0.25) is 0 Å². The molecule has 0 saturated heterocycles. The van der Waals surface area contributed by atoms with E-state index in [9.17, 15) is 0 Å². The zero-order chi connectivity index (χ0) is 58.8. The van der Waals surface area contributed by atoms with Crippen molar-refractivity contribution in [1.82, 2.24) is 0 Å². The molecule has 14 aromatic carbocycles. The number of hydrogen-bond acceptors (Lipinski definition) is 4. The minimum absolute atomic E-state index is 0.794. The molecule has 0 bridgehead atoms. The molecular formula is C84H62N4. The quantitative estimate of drug-likeness (QED) is 0.114. The second-order valence-electron chi connectivity index (χ2n) is 23.5. The molecule has 2 atom stereocenters. The van der Waals surface area contributed by atoms with E-state index >= 15 is 0 Å². The maximum Gasteiger partial charge on any atom is 0.0543 e. The number of anilines is 12. The van der Waals surface area contributed by atoms with Crippen molar-refractivity contribution in [2.75, 3.05) is 19.6 Å². The summed E-state index contributed by atoms with van der Waals surface area (Å²) >= 11 is 0. The normalized spacial score (nSPS) is 15.2. The van der Waals surface area contributed by atoms with Crippen molar-refractivity contribution in [2.24, 2.45) is 0 Å². The SMILES string of the molecule is CC1(C2(C)c3cc(N(c4ccccc4)c4ccccc4)ccc3-c3c2cc(N(c2ccccc2)c2ccccc2)c2ccccc32)c2cc(N(c3ccccc3)c3ccccc3)ccc2-c2c1cc(N(c1ccccc1)c1ccccc1)c1ccccc21. The number of hydrogen-bond donors (Lipinski definition) is 0. The minimum atomic E-state index is -0.794. The van der Waals surface area contributed by atoms with Gasteiger partial charge in [-0.05, 0) is 189 Å². The van der Waals surface area contributed by atoms with Gasteiger partial charge >= 0.3 is 0 Å². The van der Waals surface area contributed by atoms with E-state index in [4.69, 9.17) is 0 Å². The molecule has 2 aliphatic rings. The Morgan fingerprint density at radius 2 is 0.420 bits per heavy atom. The Balaban J connectivity index is 1.06. The van der Waals surface area contributed by atoms with Crippen LogP contribution in [-0.2, 0) is 10.8 Å². The first-order valence-corrected chi connectivity index (χ1v) is 30.5. The Morgan fingerprint density at radius 3 is 0.682 bits per heavy atom. The van der Waals surface area contributed by atoms with Gasteiger partial charge in [0.05, 0.1) is 11.4 Å². The third-order valence-corrected chi connectivity index (χ3v) is 18.9. The fourth-order valence-electron chi connectivity index (χ4n) is 14.8. The lowest BCUT2D eigenvalue weighted by atomic mass is 9.56. The largest absolute Gasteiger partial charge is 0.310 e. The molecule has 0 fully saturated rings. The van der Waals surface area contributed by atoms with Gasteiger partial charge in [-0.25, -0.2) is 0 Å². The van der Waals surface area contributed by atoms with E-state index < -0.39 is 10.8 Å². The van der Waals surface area contributed by atoms with E-state index in [2.05, 4.69) is 373 Å². The molecular weight excluding hydrogens is 1060 g/mol. The minimum Gasteiger partial charge on any atom is -0.310 e. The van der Waals surface area contributed by atoms with Crippen LogP contribution in [0.2, 0.25) is 0 Å². The summed E-state index contributed by atoms with van der Waals surface area (Å²) in [5.74, 6) is 0. The molecule has 0 heterocycles. The Kier molecular flexibility index (Phi) is 12.7. The average molecular weight is 1130 g/mol. The predicted octanol–water partition coefficient (Wildman–Crippen LogP) is 23.1. The van der Waals surface area contributed by atoms with Crippen LogP contribution in [0.15, 0.2) is 340 Å². The molecule has 4 nitrogen and oxygen atoms in total. The fraction of sp³-hybridized carbons (Fsp3) is 0.0476. The van der Waals surface area contributed by atoms with Crippen LogP contribution in [0.3, 0.4) is 0 Å². The van der Waals surface area contributed by atoms with Crippen molar-refractivity contribution in [2.45, 2.75) is 24.7 Å². The molecule has 14 aromatic rings. The zero-order valence-electron chi connectivity index (χ0n) is 49.1. The highest BCUT2D eigenvalue weighted by molar-refractivity contribution is 6.14. The van der Waals surface area contributed by atoms with Gasteiger partial charge < -0.3 is 19.6 Å². The Morgan fingerprint density at radius 1 is 0.193 bits per heavy atom. The Hall–Kier alpha value is -11.2. The summed E-state index contributed by atoms with van der Waals surface area (Å²) in [6, 6.07) is 125. The van der Waals surface area contributed by atoms with Crippen LogP contribution in [0, 0.1) is 0 Å². The second kappa shape index (κ2) is 21.4. The average Bonchev–Trinajstić information content (AvgIpc) is 1.50. The van der Waals surface area contributed by atoms with Crippen LogP contribution in [-0.4, -0.2) is 0 Å². The highest BCUT2D eigenvalue weighted by Crippen LogP contribution is 2.69. The van der Waals surface area contributed by atoms with Gasteiger partial charge in [0.15, 0.2) is 0 Å². The smallest absolute Gasteiger partial charge is 0.0543 e. The molecule has 0 amide bonds. The number of para-hydroxylation sites is 8. The van der Waals surface area contributed by atoms with Crippen LogP contribution in [0.4, 0.5) is 68.2 Å². The van der Waals surface area contributed by atoms with Crippen LogP contribution >= 0.6 is 0 Å². The third-order valence-electron chi connectivity index (χ3n) is 18.9. The summed E-state index contributed by atoms with van der Waals surface area (Å²) < 4.78 is 0. The molecule has 88 heavy (non-hydrogen) atoms. The molecule has 0 saturated carbocycles. The van der Waals surface area contributed by atoms with E-state index in [1.807, 2.05) is 0 Å². The van der Waals surface area contributed by atoms with Gasteiger partial charge in [0.25, 0.3) is 0 Å². The van der Waals surface area contributed by atoms with Gasteiger partial charge in [-0.2, -0.15) is 0 Å². The van der Waals surface area contributed by atoms with E-state index in [0.717, 1.165) is 68.2 Å². The summed E-state index contributed by atoms with van der Waals surface area (Å²) in [5.41, 5.74) is 21.6. The van der Waals surface area contributed by atoms with Gasteiger partial charge in [0, 0.05) is 78.5 Å².